The van der Waals surface area contributed by atoms with E-state index in [1.807, 2.05) is 24.3 Å². The second kappa shape index (κ2) is 5.95. The Morgan fingerprint density at radius 2 is 1.67 bits per heavy atom. The number of hydrogen-bond acceptors (Lipinski definition) is 4. The average molecular weight is 358 g/mol. The number of fused-ring (bicyclic) bond motifs is 4. The van der Waals surface area contributed by atoms with Gasteiger partial charge < -0.3 is 19.0 Å². The van der Waals surface area contributed by atoms with Crippen LogP contribution in [0.3, 0.4) is 0 Å². The molecule has 0 aliphatic carbocycles. The number of para-hydroxylation sites is 3. The lowest BCUT2D eigenvalue weighted by Gasteiger charge is -2.30. The van der Waals surface area contributed by atoms with Gasteiger partial charge >= 0.3 is 0 Å². The summed E-state index contributed by atoms with van der Waals surface area (Å²) in [4.78, 5) is 4.76. The largest absolute Gasteiger partial charge is 0.495 e. The fourth-order valence-corrected chi connectivity index (χ4v) is 4.31. The molecule has 136 valence electrons. The minimum Gasteiger partial charge on any atom is -0.495 e. The summed E-state index contributed by atoms with van der Waals surface area (Å²) < 4.78 is 11.8. The molecule has 5 rings (SSSR count). The normalized spacial score (nSPS) is 16.3. The van der Waals surface area contributed by atoms with Crippen molar-refractivity contribution in [1.29, 1.82) is 0 Å². The number of methoxy groups -OCH3 is 1. The van der Waals surface area contributed by atoms with Crippen molar-refractivity contribution in [1.82, 2.24) is 0 Å². The van der Waals surface area contributed by atoms with Crippen molar-refractivity contribution in [3.05, 3.63) is 60.7 Å². The van der Waals surface area contributed by atoms with Gasteiger partial charge in [-0.1, -0.05) is 30.3 Å². The van der Waals surface area contributed by atoms with Crippen molar-refractivity contribution in [3.63, 3.8) is 0 Å². The summed E-state index contributed by atoms with van der Waals surface area (Å²) in [5.74, 6) is 0.880. The van der Waals surface area contributed by atoms with Crippen LogP contribution in [0.25, 0.3) is 21.9 Å². The maximum atomic E-state index is 6.12. The molecule has 1 aliphatic heterocycles. The van der Waals surface area contributed by atoms with E-state index in [1.54, 1.807) is 7.11 Å². The quantitative estimate of drug-likeness (QED) is 0.455. The molecular weight excluding hydrogens is 336 g/mol. The highest BCUT2D eigenvalue weighted by atomic mass is 16.5. The molecule has 2 heterocycles. The molecule has 0 bridgehead atoms. The molecule has 4 heteroatoms. The Kier molecular flexibility index (Phi) is 3.54. The second-order valence-corrected chi connectivity index (χ2v) is 6.90. The lowest BCUT2D eigenvalue weighted by atomic mass is 10.1. The Bertz CT molecular complexity index is 1150. The van der Waals surface area contributed by atoms with E-state index in [9.17, 15) is 0 Å². The minimum atomic E-state index is 0.194. The van der Waals surface area contributed by atoms with Crippen molar-refractivity contribution in [2.75, 3.05) is 23.5 Å². The Balaban J connectivity index is 1.79. The van der Waals surface area contributed by atoms with Gasteiger partial charge in [-0.15, -0.1) is 0 Å². The zero-order valence-corrected chi connectivity index (χ0v) is 15.8. The van der Waals surface area contributed by atoms with Crippen molar-refractivity contribution in [3.8, 4) is 5.75 Å². The number of benzene rings is 3. The average Bonchev–Trinajstić information content (AvgIpc) is 3.19. The van der Waals surface area contributed by atoms with Crippen molar-refractivity contribution >= 4 is 39.0 Å². The first-order valence-electron chi connectivity index (χ1n) is 9.37. The van der Waals surface area contributed by atoms with E-state index >= 15 is 0 Å². The summed E-state index contributed by atoms with van der Waals surface area (Å²) in [6.45, 7) is 5.34. The van der Waals surface area contributed by atoms with Gasteiger partial charge in [0.15, 0.2) is 0 Å². The Morgan fingerprint density at radius 3 is 2.48 bits per heavy atom. The molecule has 0 fully saturated rings. The van der Waals surface area contributed by atoms with Crippen LogP contribution in [-0.4, -0.2) is 19.8 Å². The maximum absolute atomic E-state index is 6.12. The second-order valence-electron chi connectivity index (χ2n) is 6.90. The van der Waals surface area contributed by atoms with E-state index < -0.39 is 0 Å². The lowest BCUT2D eigenvalue weighted by molar-refractivity contribution is 0.414. The summed E-state index contributed by atoms with van der Waals surface area (Å²) in [5, 5.41) is 2.30. The summed E-state index contributed by atoms with van der Waals surface area (Å²) in [5.41, 5.74) is 5.32. The Morgan fingerprint density at radius 1 is 0.889 bits per heavy atom. The maximum Gasteiger partial charge on any atom is 0.142 e. The molecule has 0 radical (unpaired) electrons. The third kappa shape index (κ3) is 2.23. The number of ether oxygens (including phenoxy) is 1. The highest BCUT2D eigenvalue weighted by molar-refractivity contribution is 6.09. The van der Waals surface area contributed by atoms with E-state index in [0.717, 1.165) is 39.9 Å². The molecular formula is C23H22N2O2. The monoisotopic (exact) mass is 358 g/mol. The van der Waals surface area contributed by atoms with Gasteiger partial charge in [0, 0.05) is 23.4 Å². The third-order valence-electron chi connectivity index (χ3n) is 5.55. The third-order valence-corrected chi connectivity index (χ3v) is 5.55. The van der Waals surface area contributed by atoms with Crippen LogP contribution in [0.5, 0.6) is 5.75 Å². The summed E-state index contributed by atoms with van der Waals surface area (Å²) >= 11 is 0. The molecule has 1 aromatic heterocycles. The molecule has 1 atom stereocenters. The smallest absolute Gasteiger partial charge is 0.142 e. The van der Waals surface area contributed by atoms with Gasteiger partial charge in [0.1, 0.15) is 23.1 Å². The standard InChI is InChI=1S/C23H22N2O2/c1-4-24-15(2)25(18-10-6-8-12-22(18)26-3)20-13-17-16-9-5-7-11-21(16)27-23(17)14-19(20)24/h5-15H,4H2,1-3H3/t15-/m0/s1. The van der Waals surface area contributed by atoms with Crippen LogP contribution in [0.2, 0.25) is 0 Å². The van der Waals surface area contributed by atoms with Crippen LogP contribution in [0, 0.1) is 0 Å². The van der Waals surface area contributed by atoms with Crippen LogP contribution in [0.1, 0.15) is 13.8 Å². The van der Waals surface area contributed by atoms with Crippen LogP contribution >= 0.6 is 0 Å². The molecule has 3 aromatic carbocycles. The van der Waals surface area contributed by atoms with Crippen LogP contribution in [-0.2, 0) is 0 Å². The number of anilines is 3. The Labute approximate surface area is 158 Å². The van der Waals surface area contributed by atoms with Gasteiger partial charge in [-0.25, -0.2) is 0 Å². The van der Waals surface area contributed by atoms with E-state index in [0.29, 0.717) is 0 Å². The highest BCUT2D eigenvalue weighted by Gasteiger charge is 2.35. The van der Waals surface area contributed by atoms with Gasteiger partial charge in [0.2, 0.25) is 0 Å². The number of hydrogen-bond donors (Lipinski definition) is 0. The number of rotatable bonds is 3. The molecule has 0 spiro atoms. The van der Waals surface area contributed by atoms with E-state index in [-0.39, 0.29) is 6.17 Å². The highest BCUT2D eigenvalue weighted by Crippen LogP contribution is 2.49. The van der Waals surface area contributed by atoms with Gasteiger partial charge in [0.25, 0.3) is 0 Å². The van der Waals surface area contributed by atoms with Crippen LogP contribution < -0.4 is 14.5 Å². The molecule has 0 saturated carbocycles. The lowest BCUT2D eigenvalue weighted by Crippen LogP contribution is -2.38. The first kappa shape index (κ1) is 16.1. The van der Waals surface area contributed by atoms with Crippen LogP contribution in [0.15, 0.2) is 65.1 Å². The molecule has 4 nitrogen and oxygen atoms in total. The zero-order chi connectivity index (χ0) is 18.5. The zero-order valence-electron chi connectivity index (χ0n) is 15.8. The summed E-state index contributed by atoms with van der Waals surface area (Å²) in [7, 11) is 1.73. The molecule has 0 unspecified atom stereocenters. The van der Waals surface area contributed by atoms with Gasteiger partial charge in [0.05, 0.1) is 24.2 Å². The molecule has 27 heavy (non-hydrogen) atoms. The molecule has 0 saturated heterocycles. The van der Waals surface area contributed by atoms with Crippen molar-refractivity contribution in [2.24, 2.45) is 0 Å². The topological polar surface area (TPSA) is 28.9 Å². The first-order chi connectivity index (χ1) is 13.2. The molecule has 1 aliphatic rings. The fourth-order valence-electron chi connectivity index (χ4n) is 4.31. The van der Waals surface area contributed by atoms with E-state index in [2.05, 4.69) is 60.0 Å². The van der Waals surface area contributed by atoms with Crippen molar-refractivity contribution in [2.45, 2.75) is 20.0 Å². The van der Waals surface area contributed by atoms with Gasteiger partial charge in [-0.2, -0.15) is 0 Å². The van der Waals surface area contributed by atoms with Crippen LogP contribution in [0.4, 0.5) is 17.1 Å². The summed E-state index contributed by atoms with van der Waals surface area (Å²) in [6, 6.07) is 20.9. The minimum absolute atomic E-state index is 0.194. The first-order valence-corrected chi connectivity index (χ1v) is 9.37. The number of furan rings is 1. The van der Waals surface area contributed by atoms with E-state index in [1.165, 1.54) is 11.4 Å². The predicted molar refractivity (Wildman–Crippen MR) is 111 cm³/mol. The predicted octanol–water partition coefficient (Wildman–Crippen LogP) is 5.92. The molecule has 0 N–H and O–H groups in total. The van der Waals surface area contributed by atoms with Gasteiger partial charge in [-0.3, -0.25) is 0 Å². The molecule has 0 amide bonds. The fraction of sp³-hybridized carbons (Fsp3) is 0.217. The number of nitrogens with zero attached hydrogens (tertiary/aromatic N) is 2. The summed E-state index contributed by atoms with van der Waals surface area (Å²) in [6.07, 6.45) is 0.194. The van der Waals surface area contributed by atoms with Crippen molar-refractivity contribution < 1.29 is 9.15 Å². The van der Waals surface area contributed by atoms with Gasteiger partial charge in [-0.05, 0) is 38.1 Å². The van der Waals surface area contributed by atoms with E-state index in [4.69, 9.17) is 9.15 Å². The SMILES string of the molecule is CCN1c2cc3oc4ccccc4c3cc2N(c2ccccc2OC)[C@H]1C. The Hall–Kier alpha value is -3.14. The molecule has 4 aromatic rings.